The maximum Gasteiger partial charge on any atom is 0.331 e. The van der Waals surface area contributed by atoms with E-state index in [1.807, 2.05) is 0 Å². The number of rotatable bonds is 4. The highest BCUT2D eigenvalue weighted by molar-refractivity contribution is 7.89. The van der Waals surface area contributed by atoms with Gasteiger partial charge in [-0.3, -0.25) is 14.9 Å². The van der Waals surface area contributed by atoms with Crippen LogP contribution in [0, 0.1) is 10.1 Å². The Bertz CT molecular complexity index is 793. The second kappa shape index (κ2) is 5.86. The Morgan fingerprint density at radius 1 is 1.29 bits per heavy atom. The number of nitro benzene ring substituents is 1. The van der Waals surface area contributed by atoms with E-state index in [9.17, 15) is 28.1 Å². The number of β-lactam (4-membered cyclic amide) rings is 1. The summed E-state index contributed by atoms with van der Waals surface area (Å²) in [6.07, 6.45) is -0.263. The fraction of sp³-hybridized carbons (Fsp3) is 0.429. The summed E-state index contributed by atoms with van der Waals surface area (Å²) < 4.78 is 30.6. The average molecular weight is 356 g/mol. The maximum atomic E-state index is 12.5. The van der Waals surface area contributed by atoms with Crippen LogP contribution in [0.15, 0.2) is 29.2 Å². The van der Waals surface area contributed by atoms with Gasteiger partial charge in [0.25, 0.3) is 15.7 Å². The van der Waals surface area contributed by atoms with Gasteiger partial charge < -0.3 is 4.74 Å². The fourth-order valence-corrected chi connectivity index (χ4v) is 3.65. The molecule has 24 heavy (non-hydrogen) atoms. The molecular weight excluding hydrogens is 340 g/mol. The van der Waals surface area contributed by atoms with Crippen LogP contribution in [0.2, 0.25) is 0 Å². The molecule has 1 amide bonds. The molecule has 0 bridgehead atoms. The van der Waals surface area contributed by atoms with Gasteiger partial charge in [0, 0.05) is 12.1 Å². The third kappa shape index (κ3) is 3.37. The molecule has 1 aromatic rings. The Kier molecular flexibility index (Phi) is 4.36. The molecule has 0 aliphatic carbocycles. The van der Waals surface area contributed by atoms with Crippen molar-refractivity contribution in [1.29, 1.82) is 0 Å². The van der Waals surface area contributed by atoms with Gasteiger partial charge in [0.2, 0.25) is 5.91 Å². The lowest BCUT2D eigenvalue weighted by molar-refractivity contribution is -0.384. The van der Waals surface area contributed by atoms with Crippen LogP contribution in [0.3, 0.4) is 0 Å². The minimum atomic E-state index is -4.28. The van der Waals surface area contributed by atoms with Crippen LogP contribution in [0.25, 0.3) is 0 Å². The zero-order chi connectivity index (χ0) is 18.3. The molecule has 1 aromatic carbocycles. The first-order valence-electron chi connectivity index (χ1n) is 6.98. The third-order valence-corrected chi connectivity index (χ3v) is 5.02. The first-order valence-corrected chi connectivity index (χ1v) is 8.42. The summed E-state index contributed by atoms with van der Waals surface area (Å²) in [6.45, 7) is 4.88. The number of carbonyl (C=O) groups is 2. The molecule has 10 heteroatoms. The zero-order valence-electron chi connectivity index (χ0n) is 13.3. The molecule has 0 spiro atoms. The van der Waals surface area contributed by atoms with Crippen molar-refractivity contribution in [3.8, 4) is 0 Å². The van der Waals surface area contributed by atoms with Crippen LogP contribution in [-0.2, 0) is 24.3 Å². The van der Waals surface area contributed by atoms with Gasteiger partial charge in [-0.25, -0.2) is 17.5 Å². The zero-order valence-corrected chi connectivity index (χ0v) is 14.1. The number of hydrogen-bond acceptors (Lipinski definition) is 7. The number of benzene rings is 1. The van der Waals surface area contributed by atoms with Gasteiger partial charge in [-0.1, -0.05) is 0 Å². The minimum absolute atomic E-state index is 0.263. The SMILES string of the molecule is CC(C)(C)OC(=O)C1CC(=O)N1S(=O)(=O)c1ccc([N+](=O)[O-])cc1. The number of nitrogens with zero attached hydrogens (tertiary/aromatic N) is 2. The number of ether oxygens (including phenoxy) is 1. The van der Waals surface area contributed by atoms with E-state index in [2.05, 4.69) is 0 Å². The Morgan fingerprint density at radius 3 is 2.25 bits per heavy atom. The smallest absolute Gasteiger partial charge is 0.331 e. The van der Waals surface area contributed by atoms with E-state index in [1.165, 1.54) is 0 Å². The molecule has 0 radical (unpaired) electrons. The molecule has 1 fully saturated rings. The molecule has 1 saturated heterocycles. The van der Waals surface area contributed by atoms with E-state index < -0.39 is 38.5 Å². The minimum Gasteiger partial charge on any atom is -0.458 e. The highest BCUT2D eigenvalue weighted by Gasteiger charge is 2.50. The lowest BCUT2D eigenvalue weighted by atomic mass is 10.1. The van der Waals surface area contributed by atoms with E-state index in [-0.39, 0.29) is 17.0 Å². The normalized spacial score (nSPS) is 18.0. The number of hydrogen-bond donors (Lipinski definition) is 0. The first kappa shape index (κ1) is 17.9. The Balaban J connectivity index is 2.28. The molecule has 1 aliphatic rings. The van der Waals surface area contributed by atoms with E-state index >= 15 is 0 Å². The van der Waals surface area contributed by atoms with E-state index in [0.717, 1.165) is 24.3 Å². The van der Waals surface area contributed by atoms with Crippen molar-refractivity contribution >= 4 is 27.6 Å². The van der Waals surface area contributed by atoms with Crippen LogP contribution in [0.5, 0.6) is 0 Å². The molecule has 130 valence electrons. The highest BCUT2D eigenvalue weighted by Crippen LogP contribution is 2.30. The Hall–Kier alpha value is -2.49. The number of esters is 1. The topological polar surface area (TPSA) is 124 Å². The Morgan fingerprint density at radius 2 is 1.83 bits per heavy atom. The van der Waals surface area contributed by atoms with Gasteiger partial charge >= 0.3 is 5.97 Å². The predicted molar refractivity (Wildman–Crippen MR) is 81.4 cm³/mol. The van der Waals surface area contributed by atoms with Crippen molar-refractivity contribution < 1.29 is 27.7 Å². The largest absolute Gasteiger partial charge is 0.458 e. The summed E-state index contributed by atoms with van der Waals surface area (Å²) in [5.41, 5.74) is -1.11. The molecule has 1 unspecified atom stereocenters. The van der Waals surface area contributed by atoms with Gasteiger partial charge in [-0.2, -0.15) is 0 Å². The summed E-state index contributed by atoms with van der Waals surface area (Å²) in [4.78, 5) is 33.4. The maximum absolute atomic E-state index is 12.5. The molecule has 1 heterocycles. The third-order valence-electron chi connectivity index (χ3n) is 3.18. The molecular formula is C14H16N2O7S. The molecule has 0 saturated carbocycles. The summed E-state index contributed by atoms with van der Waals surface area (Å²) in [5, 5.41) is 10.6. The lowest BCUT2D eigenvalue weighted by Crippen LogP contribution is -2.60. The monoisotopic (exact) mass is 356 g/mol. The van der Waals surface area contributed by atoms with E-state index in [1.54, 1.807) is 20.8 Å². The molecule has 1 aliphatic heterocycles. The lowest BCUT2D eigenvalue weighted by Gasteiger charge is -2.38. The summed E-state index contributed by atoms with van der Waals surface area (Å²) in [6, 6.07) is 2.84. The number of amides is 1. The molecule has 2 rings (SSSR count). The van der Waals surface area contributed by atoms with E-state index in [0.29, 0.717) is 4.31 Å². The van der Waals surface area contributed by atoms with Crippen molar-refractivity contribution in [1.82, 2.24) is 4.31 Å². The number of sulfonamides is 1. The quantitative estimate of drug-likeness (QED) is 0.344. The van der Waals surface area contributed by atoms with Crippen LogP contribution < -0.4 is 0 Å². The van der Waals surface area contributed by atoms with Gasteiger partial charge in [-0.05, 0) is 32.9 Å². The summed E-state index contributed by atoms with van der Waals surface area (Å²) in [5.74, 6) is -1.54. The standard InChI is InChI=1S/C14H16N2O7S/c1-14(2,3)23-13(18)11-8-12(17)15(11)24(21,22)10-6-4-9(5-7-10)16(19)20/h4-7,11H,8H2,1-3H3. The van der Waals surface area contributed by atoms with Gasteiger partial charge in [-0.15, -0.1) is 0 Å². The van der Waals surface area contributed by atoms with Crippen molar-refractivity contribution in [3.63, 3.8) is 0 Å². The second-order valence-corrected chi connectivity index (χ2v) is 8.01. The van der Waals surface area contributed by atoms with Crippen molar-refractivity contribution in [2.45, 2.75) is 43.7 Å². The van der Waals surface area contributed by atoms with Crippen molar-refractivity contribution in [2.75, 3.05) is 0 Å². The number of carbonyl (C=O) groups excluding carboxylic acids is 2. The fourth-order valence-electron chi connectivity index (χ4n) is 2.10. The van der Waals surface area contributed by atoms with Crippen molar-refractivity contribution in [3.05, 3.63) is 34.4 Å². The first-order chi connectivity index (χ1) is 10.9. The second-order valence-electron chi connectivity index (χ2n) is 6.20. The van der Waals surface area contributed by atoms with Crippen LogP contribution >= 0.6 is 0 Å². The molecule has 1 atom stereocenters. The number of nitro groups is 1. The van der Waals surface area contributed by atoms with E-state index in [4.69, 9.17) is 4.74 Å². The van der Waals surface area contributed by atoms with Gasteiger partial charge in [0.05, 0.1) is 16.2 Å². The van der Waals surface area contributed by atoms with Crippen LogP contribution in [0.4, 0.5) is 5.69 Å². The van der Waals surface area contributed by atoms with Crippen molar-refractivity contribution in [2.24, 2.45) is 0 Å². The predicted octanol–water partition coefficient (Wildman–Crippen LogP) is 1.23. The molecule has 9 nitrogen and oxygen atoms in total. The molecule has 0 aromatic heterocycles. The highest BCUT2D eigenvalue weighted by atomic mass is 32.2. The Labute approximate surface area is 138 Å². The van der Waals surface area contributed by atoms with Gasteiger partial charge in [0.15, 0.2) is 6.04 Å². The molecule has 0 N–H and O–H groups in total. The summed E-state index contributed by atoms with van der Waals surface area (Å²) in [7, 11) is -4.28. The average Bonchev–Trinajstić information content (AvgIpc) is 2.42. The van der Waals surface area contributed by atoms with Gasteiger partial charge in [0.1, 0.15) is 5.60 Å². The summed E-state index contributed by atoms with van der Waals surface area (Å²) >= 11 is 0. The number of non-ortho nitro benzene ring substituents is 1. The van der Waals surface area contributed by atoms with Crippen LogP contribution in [0.1, 0.15) is 27.2 Å². The van der Waals surface area contributed by atoms with Crippen LogP contribution in [-0.4, -0.2) is 41.2 Å².